The molecule has 1 amide bonds. The van der Waals surface area contributed by atoms with Crippen molar-refractivity contribution in [2.45, 2.75) is 6.54 Å². The van der Waals surface area contributed by atoms with Gasteiger partial charge in [-0.3, -0.25) is 9.69 Å². The molecule has 1 N–H and O–H groups in total. The van der Waals surface area contributed by atoms with Crippen LogP contribution in [0.1, 0.15) is 5.01 Å². The van der Waals surface area contributed by atoms with Gasteiger partial charge < -0.3 is 10.2 Å². The molecule has 3 rings (SSSR count). The smallest absolute Gasteiger partial charge is 0.236 e. The van der Waals surface area contributed by atoms with Gasteiger partial charge in [0, 0.05) is 26.2 Å². The molecular weight excluding hydrogens is 339 g/mol. The predicted molar refractivity (Wildman–Crippen MR) is 92.6 cm³/mol. The van der Waals surface area contributed by atoms with Gasteiger partial charge in [0.15, 0.2) is 0 Å². The second-order valence-corrected chi connectivity index (χ2v) is 6.64. The fourth-order valence-corrected chi connectivity index (χ4v) is 3.62. The number of aromatic nitrogens is 1. The lowest BCUT2D eigenvalue weighted by molar-refractivity contribution is -0.132. The van der Waals surface area contributed by atoms with E-state index in [-0.39, 0.29) is 24.1 Å². The molecule has 1 aromatic carbocycles. The normalized spacial score (nSPS) is 15.0. The van der Waals surface area contributed by atoms with Crippen molar-refractivity contribution in [1.82, 2.24) is 20.1 Å². The highest BCUT2D eigenvalue weighted by atomic mass is 35.5. The van der Waals surface area contributed by atoms with Crippen LogP contribution >= 0.6 is 23.7 Å². The van der Waals surface area contributed by atoms with Gasteiger partial charge in [-0.15, -0.1) is 23.7 Å². The second-order valence-electron chi connectivity index (χ2n) is 5.52. The first-order valence-corrected chi connectivity index (χ1v) is 8.15. The Morgan fingerprint density at radius 3 is 2.91 bits per heavy atom. The van der Waals surface area contributed by atoms with E-state index in [4.69, 9.17) is 0 Å². The van der Waals surface area contributed by atoms with Crippen LogP contribution in [0.3, 0.4) is 0 Å². The summed E-state index contributed by atoms with van der Waals surface area (Å²) >= 11 is 1.47. The maximum Gasteiger partial charge on any atom is 0.236 e. The number of hydrogen-bond donors (Lipinski definition) is 1. The SMILES string of the molecule is CN(CC(=O)N1CCNCC1)Cc1nc2ccc(F)cc2s1.Cl. The molecule has 1 aliphatic rings. The van der Waals surface area contributed by atoms with Crippen LogP contribution in [0.25, 0.3) is 10.2 Å². The van der Waals surface area contributed by atoms with Crippen LogP contribution < -0.4 is 5.32 Å². The molecule has 1 fully saturated rings. The molecular formula is C15H20ClFN4OS. The van der Waals surface area contributed by atoms with E-state index in [1.165, 1.54) is 23.5 Å². The zero-order valence-electron chi connectivity index (χ0n) is 12.9. The van der Waals surface area contributed by atoms with Crippen molar-refractivity contribution in [3.8, 4) is 0 Å². The number of likely N-dealkylation sites (N-methyl/N-ethyl adjacent to an activating group) is 1. The Labute approximate surface area is 144 Å². The summed E-state index contributed by atoms with van der Waals surface area (Å²) in [5.41, 5.74) is 0.809. The number of rotatable bonds is 4. The average molecular weight is 359 g/mol. The van der Waals surface area contributed by atoms with Crippen molar-refractivity contribution >= 4 is 39.9 Å². The number of nitrogens with zero attached hydrogens (tertiary/aromatic N) is 3. The Balaban J connectivity index is 0.00000192. The van der Waals surface area contributed by atoms with Gasteiger partial charge in [-0.1, -0.05) is 0 Å². The molecule has 1 aliphatic heterocycles. The Morgan fingerprint density at radius 2 is 2.17 bits per heavy atom. The predicted octanol–water partition coefficient (Wildman–Crippen LogP) is 1.72. The number of amides is 1. The zero-order valence-corrected chi connectivity index (χ0v) is 14.6. The Hall–Kier alpha value is -1.28. The van der Waals surface area contributed by atoms with Gasteiger partial charge in [-0.2, -0.15) is 0 Å². The number of nitrogens with one attached hydrogen (secondary N) is 1. The molecule has 0 atom stereocenters. The third kappa shape index (κ3) is 4.60. The molecule has 0 saturated carbocycles. The number of fused-ring (bicyclic) bond motifs is 1. The minimum Gasteiger partial charge on any atom is -0.339 e. The van der Waals surface area contributed by atoms with E-state index in [0.717, 1.165) is 41.4 Å². The number of carbonyl (C=O) groups excluding carboxylic acids is 1. The molecule has 1 saturated heterocycles. The number of thiazole rings is 1. The monoisotopic (exact) mass is 358 g/mol. The quantitative estimate of drug-likeness (QED) is 0.904. The van der Waals surface area contributed by atoms with E-state index >= 15 is 0 Å². The molecule has 23 heavy (non-hydrogen) atoms. The standard InChI is InChI=1S/C15H19FN4OS.ClH/c1-19(10-15(21)20-6-4-17-5-7-20)9-14-18-12-3-2-11(16)8-13(12)22-14;/h2-3,8,17H,4-7,9-10H2,1H3;1H. The maximum atomic E-state index is 13.2. The molecule has 1 aromatic heterocycles. The van der Waals surface area contributed by atoms with E-state index in [0.29, 0.717) is 13.1 Å². The van der Waals surface area contributed by atoms with Gasteiger partial charge in [-0.05, 0) is 25.2 Å². The number of piperazine rings is 1. The van der Waals surface area contributed by atoms with Gasteiger partial charge in [0.25, 0.3) is 0 Å². The van der Waals surface area contributed by atoms with Crippen molar-refractivity contribution in [2.24, 2.45) is 0 Å². The molecule has 126 valence electrons. The van der Waals surface area contributed by atoms with Gasteiger partial charge in [0.1, 0.15) is 10.8 Å². The molecule has 0 spiro atoms. The van der Waals surface area contributed by atoms with E-state index in [9.17, 15) is 9.18 Å². The van der Waals surface area contributed by atoms with Crippen LogP contribution in [0.4, 0.5) is 4.39 Å². The van der Waals surface area contributed by atoms with Crippen molar-refractivity contribution < 1.29 is 9.18 Å². The van der Waals surface area contributed by atoms with Crippen LogP contribution in [0, 0.1) is 5.82 Å². The zero-order chi connectivity index (χ0) is 15.5. The fourth-order valence-electron chi connectivity index (χ4n) is 2.55. The van der Waals surface area contributed by atoms with Gasteiger partial charge in [0.05, 0.1) is 23.3 Å². The summed E-state index contributed by atoms with van der Waals surface area (Å²) in [6, 6.07) is 4.61. The van der Waals surface area contributed by atoms with Gasteiger partial charge in [0.2, 0.25) is 5.91 Å². The minimum absolute atomic E-state index is 0. The van der Waals surface area contributed by atoms with Crippen LogP contribution in [-0.4, -0.2) is 60.5 Å². The lowest BCUT2D eigenvalue weighted by Gasteiger charge is -2.29. The first-order valence-electron chi connectivity index (χ1n) is 7.34. The van der Waals surface area contributed by atoms with E-state index < -0.39 is 0 Å². The average Bonchev–Trinajstić information content (AvgIpc) is 2.89. The van der Waals surface area contributed by atoms with Crippen LogP contribution in [0.5, 0.6) is 0 Å². The Kier molecular flexibility index (Phi) is 6.29. The second kappa shape index (κ2) is 8.01. The molecule has 2 aromatic rings. The van der Waals surface area contributed by atoms with Gasteiger partial charge in [-0.25, -0.2) is 9.37 Å². The summed E-state index contributed by atoms with van der Waals surface area (Å²) in [5, 5.41) is 4.13. The van der Waals surface area contributed by atoms with E-state index in [2.05, 4.69) is 10.3 Å². The first-order chi connectivity index (χ1) is 10.6. The van der Waals surface area contributed by atoms with Crippen LogP contribution in [0.2, 0.25) is 0 Å². The number of hydrogen-bond acceptors (Lipinski definition) is 5. The topological polar surface area (TPSA) is 48.5 Å². The first kappa shape index (κ1) is 18.1. The number of benzene rings is 1. The van der Waals surface area contributed by atoms with Crippen molar-refractivity contribution in [1.29, 1.82) is 0 Å². The highest BCUT2D eigenvalue weighted by molar-refractivity contribution is 7.18. The fraction of sp³-hybridized carbons (Fsp3) is 0.467. The minimum atomic E-state index is -0.245. The van der Waals surface area contributed by atoms with E-state index in [1.807, 2.05) is 16.8 Å². The van der Waals surface area contributed by atoms with E-state index in [1.54, 1.807) is 6.07 Å². The van der Waals surface area contributed by atoms with Gasteiger partial charge >= 0.3 is 0 Å². The molecule has 0 unspecified atom stereocenters. The van der Waals surface area contributed by atoms with Crippen LogP contribution in [-0.2, 0) is 11.3 Å². The van der Waals surface area contributed by atoms with Crippen molar-refractivity contribution in [3.63, 3.8) is 0 Å². The Bertz CT molecular complexity index is 675. The molecule has 0 bridgehead atoms. The third-order valence-electron chi connectivity index (χ3n) is 3.67. The highest BCUT2D eigenvalue weighted by Gasteiger charge is 2.18. The summed E-state index contributed by atoms with van der Waals surface area (Å²) in [6.45, 7) is 4.24. The van der Waals surface area contributed by atoms with Crippen molar-refractivity contribution in [3.05, 3.63) is 29.0 Å². The number of carbonyl (C=O) groups is 1. The summed E-state index contributed by atoms with van der Waals surface area (Å²) in [5.74, 6) is -0.0962. The lowest BCUT2D eigenvalue weighted by atomic mass is 10.3. The van der Waals surface area contributed by atoms with Crippen molar-refractivity contribution in [2.75, 3.05) is 39.8 Å². The number of halogens is 2. The largest absolute Gasteiger partial charge is 0.339 e. The maximum absolute atomic E-state index is 13.2. The summed E-state index contributed by atoms with van der Waals surface area (Å²) in [7, 11) is 1.91. The lowest BCUT2D eigenvalue weighted by Crippen LogP contribution is -2.49. The molecule has 2 heterocycles. The molecule has 8 heteroatoms. The summed E-state index contributed by atoms with van der Waals surface area (Å²) in [6.07, 6.45) is 0. The van der Waals surface area contributed by atoms with Crippen LogP contribution in [0.15, 0.2) is 18.2 Å². The molecule has 5 nitrogen and oxygen atoms in total. The Morgan fingerprint density at radius 1 is 1.43 bits per heavy atom. The highest BCUT2D eigenvalue weighted by Crippen LogP contribution is 2.23. The summed E-state index contributed by atoms with van der Waals surface area (Å²) in [4.78, 5) is 20.5. The summed E-state index contributed by atoms with van der Waals surface area (Å²) < 4.78 is 14.0. The molecule has 0 radical (unpaired) electrons. The third-order valence-corrected chi connectivity index (χ3v) is 4.68. The molecule has 0 aliphatic carbocycles.